The van der Waals surface area contributed by atoms with Gasteiger partial charge in [-0.15, -0.1) is 0 Å². The predicted octanol–water partition coefficient (Wildman–Crippen LogP) is 3.19. The van der Waals surface area contributed by atoms with E-state index in [1.54, 1.807) is 0 Å². The fourth-order valence-corrected chi connectivity index (χ4v) is 5.86. The van der Waals surface area contributed by atoms with Gasteiger partial charge in [0.15, 0.2) is 0 Å². The SMILES string of the molecule is CC(C)(C)O[Si](C)(c1ccccc1)c1ccccc1. The Morgan fingerprint density at radius 1 is 0.737 bits per heavy atom. The highest BCUT2D eigenvalue weighted by Gasteiger charge is 2.37. The van der Waals surface area contributed by atoms with Crippen molar-refractivity contribution < 1.29 is 4.43 Å². The summed E-state index contributed by atoms with van der Waals surface area (Å²) in [5, 5.41) is 2.63. The van der Waals surface area contributed by atoms with Gasteiger partial charge in [-0.3, -0.25) is 0 Å². The van der Waals surface area contributed by atoms with Crippen LogP contribution in [0.4, 0.5) is 0 Å². The van der Waals surface area contributed by atoms with Gasteiger partial charge < -0.3 is 4.43 Å². The van der Waals surface area contributed by atoms with Crippen molar-refractivity contribution in [1.29, 1.82) is 0 Å². The van der Waals surface area contributed by atoms with Crippen molar-refractivity contribution in [2.75, 3.05) is 0 Å². The molecular weight excluding hydrogens is 248 g/mol. The van der Waals surface area contributed by atoms with E-state index in [0.717, 1.165) is 0 Å². The molecule has 2 rings (SSSR count). The first-order valence-corrected chi connectivity index (χ1v) is 9.14. The summed E-state index contributed by atoms with van der Waals surface area (Å²) >= 11 is 0. The first-order chi connectivity index (χ1) is 8.92. The molecule has 2 heteroatoms. The van der Waals surface area contributed by atoms with Crippen LogP contribution in [0.2, 0.25) is 6.55 Å². The van der Waals surface area contributed by atoms with Crippen LogP contribution < -0.4 is 10.4 Å². The Bertz CT molecular complexity index is 474. The zero-order valence-electron chi connectivity index (χ0n) is 12.2. The van der Waals surface area contributed by atoms with Crippen molar-refractivity contribution >= 4 is 18.7 Å². The molecule has 100 valence electrons. The van der Waals surface area contributed by atoms with Gasteiger partial charge in [0.1, 0.15) is 0 Å². The molecule has 0 unspecified atom stereocenters. The topological polar surface area (TPSA) is 9.23 Å². The largest absolute Gasteiger partial charge is 0.404 e. The van der Waals surface area contributed by atoms with Crippen molar-refractivity contribution in [2.45, 2.75) is 32.9 Å². The minimum atomic E-state index is -2.14. The minimum Gasteiger partial charge on any atom is -0.404 e. The lowest BCUT2D eigenvalue weighted by Crippen LogP contribution is -2.61. The molecule has 0 N–H and O–H groups in total. The van der Waals surface area contributed by atoms with Crippen LogP contribution >= 0.6 is 0 Å². The van der Waals surface area contributed by atoms with Crippen molar-refractivity contribution in [3.8, 4) is 0 Å². The average Bonchev–Trinajstić information content (AvgIpc) is 2.39. The predicted molar refractivity (Wildman–Crippen MR) is 84.6 cm³/mol. The first-order valence-electron chi connectivity index (χ1n) is 6.73. The minimum absolute atomic E-state index is 0.146. The summed E-state index contributed by atoms with van der Waals surface area (Å²) < 4.78 is 6.54. The van der Waals surface area contributed by atoms with E-state index in [-0.39, 0.29) is 5.60 Å². The fourth-order valence-electron chi connectivity index (χ4n) is 2.41. The molecular formula is C17H22OSi. The Labute approximate surface area is 117 Å². The molecule has 0 heterocycles. The van der Waals surface area contributed by atoms with E-state index in [1.807, 2.05) is 0 Å². The molecule has 2 aromatic carbocycles. The normalized spacial score (nSPS) is 12.4. The van der Waals surface area contributed by atoms with E-state index < -0.39 is 8.32 Å². The summed E-state index contributed by atoms with van der Waals surface area (Å²) in [6.45, 7) is 8.67. The summed E-state index contributed by atoms with van der Waals surface area (Å²) in [7, 11) is -2.14. The molecule has 0 aliphatic rings. The van der Waals surface area contributed by atoms with Crippen LogP contribution in [-0.2, 0) is 4.43 Å². The maximum absolute atomic E-state index is 6.54. The van der Waals surface area contributed by atoms with Crippen LogP contribution in [0.25, 0.3) is 0 Å². The Balaban J connectivity index is 2.51. The van der Waals surface area contributed by atoms with Crippen molar-refractivity contribution in [1.82, 2.24) is 0 Å². The number of benzene rings is 2. The van der Waals surface area contributed by atoms with Gasteiger partial charge in [0, 0.05) is 5.60 Å². The van der Waals surface area contributed by atoms with Crippen LogP contribution in [0.1, 0.15) is 20.8 Å². The Kier molecular flexibility index (Phi) is 3.93. The highest BCUT2D eigenvalue weighted by molar-refractivity contribution is 6.96. The van der Waals surface area contributed by atoms with E-state index >= 15 is 0 Å². The molecule has 0 bridgehead atoms. The van der Waals surface area contributed by atoms with Crippen LogP contribution in [0, 0.1) is 0 Å². The smallest absolute Gasteiger partial charge is 0.253 e. The van der Waals surface area contributed by atoms with E-state index in [1.165, 1.54) is 10.4 Å². The molecule has 1 nitrogen and oxygen atoms in total. The second-order valence-corrected chi connectivity index (χ2v) is 9.41. The van der Waals surface area contributed by atoms with Gasteiger partial charge >= 0.3 is 0 Å². The maximum Gasteiger partial charge on any atom is 0.253 e. The highest BCUT2D eigenvalue weighted by Crippen LogP contribution is 2.17. The lowest BCUT2D eigenvalue weighted by molar-refractivity contribution is 0.127. The molecule has 0 aromatic heterocycles. The summed E-state index contributed by atoms with van der Waals surface area (Å²) in [4.78, 5) is 0. The molecule has 0 atom stereocenters. The molecule has 2 aromatic rings. The number of hydrogen-bond donors (Lipinski definition) is 0. The van der Waals surface area contributed by atoms with Crippen LogP contribution in [0.5, 0.6) is 0 Å². The van der Waals surface area contributed by atoms with Gasteiger partial charge in [0.25, 0.3) is 8.32 Å². The lowest BCUT2D eigenvalue weighted by atomic mass is 10.2. The third kappa shape index (κ3) is 3.34. The Morgan fingerprint density at radius 3 is 1.42 bits per heavy atom. The molecule has 0 saturated carbocycles. The molecule has 0 aliphatic heterocycles. The quantitative estimate of drug-likeness (QED) is 0.778. The summed E-state index contributed by atoms with van der Waals surface area (Å²) in [5.41, 5.74) is -0.146. The molecule has 0 fully saturated rings. The first kappa shape index (κ1) is 14.0. The Hall–Kier alpha value is -1.38. The molecule has 0 aliphatic carbocycles. The molecule has 0 spiro atoms. The van der Waals surface area contributed by atoms with E-state index in [0.29, 0.717) is 0 Å². The zero-order chi connectivity index (χ0) is 13.9. The van der Waals surface area contributed by atoms with Crippen LogP contribution in [-0.4, -0.2) is 13.9 Å². The van der Waals surface area contributed by atoms with Crippen molar-refractivity contribution in [3.63, 3.8) is 0 Å². The van der Waals surface area contributed by atoms with E-state index in [2.05, 4.69) is 88.0 Å². The number of hydrogen-bond acceptors (Lipinski definition) is 1. The third-order valence-corrected chi connectivity index (χ3v) is 7.05. The average molecular weight is 270 g/mol. The maximum atomic E-state index is 6.54. The molecule has 0 saturated heterocycles. The molecule has 0 amide bonds. The number of rotatable bonds is 3. The monoisotopic (exact) mass is 270 g/mol. The van der Waals surface area contributed by atoms with Gasteiger partial charge in [0.05, 0.1) is 0 Å². The van der Waals surface area contributed by atoms with Crippen LogP contribution in [0.15, 0.2) is 60.7 Å². The van der Waals surface area contributed by atoms with Crippen molar-refractivity contribution in [2.24, 2.45) is 0 Å². The standard InChI is InChI=1S/C17H22OSi/c1-17(2,3)18-19(4,15-11-7-5-8-12-15)16-13-9-6-10-14-16/h5-14H,1-4H3. The lowest BCUT2D eigenvalue weighted by Gasteiger charge is -2.35. The molecule has 0 radical (unpaired) electrons. The van der Waals surface area contributed by atoms with Gasteiger partial charge in [-0.1, -0.05) is 60.7 Å². The zero-order valence-corrected chi connectivity index (χ0v) is 13.2. The highest BCUT2D eigenvalue weighted by atomic mass is 28.4. The van der Waals surface area contributed by atoms with Crippen molar-refractivity contribution in [3.05, 3.63) is 60.7 Å². The summed E-state index contributed by atoms with van der Waals surface area (Å²) in [6, 6.07) is 21.2. The molecule has 19 heavy (non-hydrogen) atoms. The summed E-state index contributed by atoms with van der Waals surface area (Å²) in [6.07, 6.45) is 0. The van der Waals surface area contributed by atoms with Gasteiger partial charge in [-0.2, -0.15) is 0 Å². The van der Waals surface area contributed by atoms with E-state index in [4.69, 9.17) is 4.43 Å². The van der Waals surface area contributed by atoms with Gasteiger partial charge in [-0.05, 0) is 37.7 Å². The van der Waals surface area contributed by atoms with Gasteiger partial charge in [-0.25, -0.2) is 0 Å². The fraction of sp³-hybridized carbons (Fsp3) is 0.294. The van der Waals surface area contributed by atoms with Crippen LogP contribution in [0.3, 0.4) is 0 Å². The Morgan fingerprint density at radius 2 is 1.11 bits per heavy atom. The second kappa shape index (κ2) is 5.31. The second-order valence-electron chi connectivity index (χ2n) is 5.98. The van der Waals surface area contributed by atoms with Gasteiger partial charge in [0.2, 0.25) is 0 Å². The summed E-state index contributed by atoms with van der Waals surface area (Å²) in [5.74, 6) is 0. The van der Waals surface area contributed by atoms with E-state index in [9.17, 15) is 0 Å². The third-order valence-electron chi connectivity index (χ3n) is 3.16.